The Kier molecular flexibility index (Phi) is 5.29. The minimum Gasteiger partial charge on any atom is -0.378 e. The molecule has 0 saturated carbocycles. The standard InChI is InChI=1S/C13H18N4O3S/c1-9(2)7-11(18)15-16-12(19)10-8-21-13(14-10)17-3-5-20-6-4-17/h7-8H,3-6H2,1-2H3,(H,15,18)(H,16,19). The molecule has 1 aliphatic heterocycles. The quantitative estimate of drug-likeness (QED) is 0.634. The molecule has 0 radical (unpaired) electrons. The molecule has 1 saturated heterocycles. The molecule has 8 heteroatoms. The monoisotopic (exact) mass is 310 g/mol. The van der Waals surface area contributed by atoms with Gasteiger partial charge in [-0.05, 0) is 13.8 Å². The number of hydrogen-bond donors (Lipinski definition) is 2. The van der Waals surface area contributed by atoms with Crippen molar-refractivity contribution in [3.05, 3.63) is 22.7 Å². The van der Waals surface area contributed by atoms with Gasteiger partial charge in [0.1, 0.15) is 5.69 Å². The lowest BCUT2D eigenvalue weighted by Gasteiger charge is -2.25. The third-order valence-electron chi connectivity index (χ3n) is 2.73. The van der Waals surface area contributed by atoms with Gasteiger partial charge in [0.05, 0.1) is 13.2 Å². The van der Waals surface area contributed by atoms with Crippen LogP contribution in [0.15, 0.2) is 17.0 Å². The number of amides is 2. The predicted molar refractivity (Wildman–Crippen MR) is 80.2 cm³/mol. The number of carbonyl (C=O) groups is 2. The van der Waals surface area contributed by atoms with E-state index in [1.54, 1.807) is 19.2 Å². The summed E-state index contributed by atoms with van der Waals surface area (Å²) >= 11 is 1.40. The molecule has 1 aromatic heterocycles. The van der Waals surface area contributed by atoms with Crippen LogP contribution in [0, 0.1) is 0 Å². The Hall–Kier alpha value is -1.93. The van der Waals surface area contributed by atoms with E-state index >= 15 is 0 Å². The zero-order chi connectivity index (χ0) is 15.2. The maximum atomic E-state index is 11.9. The number of anilines is 1. The Balaban J connectivity index is 1.89. The Morgan fingerprint density at radius 1 is 1.33 bits per heavy atom. The van der Waals surface area contributed by atoms with E-state index in [2.05, 4.69) is 20.7 Å². The van der Waals surface area contributed by atoms with Gasteiger partial charge in [-0.15, -0.1) is 11.3 Å². The minimum absolute atomic E-state index is 0.291. The summed E-state index contributed by atoms with van der Waals surface area (Å²) in [5, 5.41) is 2.46. The van der Waals surface area contributed by atoms with Gasteiger partial charge in [0.15, 0.2) is 5.13 Å². The molecular weight excluding hydrogens is 292 g/mol. The lowest BCUT2D eigenvalue weighted by atomic mass is 10.3. The lowest BCUT2D eigenvalue weighted by Crippen LogP contribution is -2.41. The van der Waals surface area contributed by atoms with Crippen LogP contribution < -0.4 is 15.8 Å². The molecule has 2 rings (SSSR count). The van der Waals surface area contributed by atoms with E-state index in [4.69, 9.17) is 4.74 Å². The molecule has 2 N–H and O–H groups in total. The van der Waals surface area contributed by atoms with E-state index in [1.807, 2.05) is 0 Å². The fourth-order valence-electron chi connectivity index (χ4n) is 1.75. The van der Waals surface area contributed by atoms with E-state index in [0.29, 0.717) is 18.9 Å². The number of allylic oxidation sites excluding steroid dienone is 1. The fraction of sp³-hybridized carbons (Fsp3) is 0.462. The van der Waals surface area contributed by atoms with Gasteiger partial charge >= 0.3 is 0 Å². The third-order valence-corrected chi connectivity index (χ3v) is 3.63. The van der Waals surface area contributed by atoms with Crippen LogP contribution >= 0.6 is 11.3 Å². The molecule has 0 aromatic carbocycles. The molecule has 7 nitrogen and oxygen atoms in total. The Labute approximate surface area is 127 Å². The van der Waals surface area contributed by atoms with Crippen molar-refractivity contribution in [1.82, 2.24) is 15.8 Å². The van der Waals surface area contributed by atoms with E-state index in [0.717, 1.165) is 23.8 Å². The number of nitrogens with zero attached hydrogens (tertiary/aromatic N) is 2. The lowest BCUT2D eigenvalue weighted by molar-refractivity contribution is -0.117. The number of aromatic nitrogens is 1. The fourth-order valence-corrected chi connectivity index (χ4v) is 2.61. The molecule has 0 aliphatic carbocycles. The summed E-state index contributed by atoms with van der Waals surface area (Å²) < 4.78 is 5.27. The molecule has 0 atom stereocenters. The first-order valence-electron chi connectivity index (χ1n) is 6.59. The first kappa shape index (κ1) is 15.5. The number of ether oxygens (including phenoxy) is 1. The number of morpholine rings is 1. The van der Waals surface area contributed by atoms with E-state index in [9.17, 15) is 9.59 Å². The second-order valence-electron chi connectivity index (χ2n) is 4.78. The Morgan fingerprint density at radius 3 is 2.71 bits per heavy atom. The largest absolute Gasteiger partial charge is 0.378 e. The first-order valence-corrected chi connectivity index (χ1v) is 7.47. The number of hydrogen-bond acceptors (Lipinski definition) is 6. The van der Waals surface area contributed by atoms with E-state index in [1.165, 1.54) is 17.4 Å². The van der Waals surface area contributed by atoms with Crippen LogP contribution in [0.1, 0.15) is 24.3 Å². The number of hydrazine groups is 1. The zero-order valence-electron chi connectivity index (χ0n) is 12.0. The van der Waals surface area contributed by atoms with Gasteiger partial charge < -0.3 is 9.64 Å². The highest BCUT2D eigenvalue weighted by atomic mass is 32.1. The zero-order valence-corrected chi connectivity index (χ0v) is 12.8. The molecule has 1 fully saturated rings. The van der Waals surface area contributed by atoms with Gasteiger partial charge in [0, 0.05) is 24.5 Å². The topological polar surface area (TPSA) is 83.6 Å². The minimum atomic E-state index is -0.429. The molecule has 1 aromatic rings. The van der Waals surface area contributed by atoms with Crippen LogP contribution in [0.4, 0.5) is 5.13 Å². The Morgan fingerprint density at radius 2 is 2.05 bits per heavy atom. The highest BCUT2D eigenvalue weighted by Crippen LogP contribution is 2.21. The SMILES string of the molecule is CC(C)=CC(=O)NNC(=O)c1csc(N2CCOCC2)n1. The van der Waals surface area contributed by atoms with Crippen LogP contribution in [0.25, 0.3) is 0 Å². The van der Waals surface area contributed by atoms with Crippen LogP contribution in [0.2, 0.25) is 0 Å². The number of nitrogens with one attached hydrogen (secondary N) is 2. The smallest absolute Gasteiger partial charge is 0.289 e. The summed E-state index contributed by atoms with van der Waals surface area (Å²) in [7, 11) is 0. The van der Waals surface area contributed by atoms with Gasteiger partial charge in [-0.3, -0.25) is 20.4 Å². The van der Waals surface area contributed by atoms with Crippen molar-refractivity contribution in [2.24, 2.45) is 0 Å². The summed E-state index contributed by atoms with van der Waals surface area (Å²) in [6, 6.07) is 0. The first-order chi connectivity index (χ1) is 10.1. The van der Waals surface area contributed by atoms with Crippen molar-refractivity contribution in [2.75, 3.05) is 31.2 Å². The van der Waals surface area contributed by atoms with Crippen LogP contribution in [0.5, 0.6) is 0 Å². The van der Waals surface area contributed by atoms with Gasteiger partial charge in [0.25, 0.3) is 11.8 Å². The molecule has 2 heterocycles. The molecule has 0 unspecified atom stereocenters. The summed E-state index contributed by atoms with van der Waals surface area (Å²) in [6.07, 6.45) is 1.40. The van der Waals surface area contributed by atoms with Crippen LogP contribution in [0.3, 0.4) is 0 Å². The molecular formula is C13H18N4O3S. The van der Waals surface area contributed by atoms with E-state index < -0.39 is 5.91 Å². The summed E-state index contributed by atoms with van der Waals surface area (Å²) in [4.78, 5) is 29.6. The van der Waals surface area contributed by atoms with E-state index in [-0.39, 0.29) is 5.91 Å². The third kappa shape index (κ3) is 4.54. The van der Waals surface area contributed by atoms with Gasteiger partial charge in [-0.25, -0.2) is 4.98 Å². The average molecular weight is 310 g/mol. The van der Waals surface area contributed by atoms with Crippen LogP contribution in [-0.2, 0) is 9.53 Å². The number of carbonyl (C=O) groups excluding carboxylic acids is 2. The van der Waals surface area contributed by atoms with Crippen LogP contribution in [-0.4, -0.2) is 43.1 Å². The average Bonchev–Trinajstić information content (AvgIpc) is 2.95. The van der Waals surface area contributed by atoms with Crippen molar-refractivity contribution in [3.8, 4) is 0 Å². The van der Waals surface area contributed by atoms with Crippen molar-refractivity contribution in [2.45, 2.75) is 13.8 Å². The second-order valence-corrected chi connectivity index (χ2v) is 5.62. The maximum absolute atomic E-state index is 11.9. The maximum Gasteiger partial charge on any atom is 0.289 e. The summed E-state index contributed by atoms with van der Waals surface area (Å²) in [5.74, 6) is -0.798. The summed E-state index contributed by atoms with van der Waals surface area (Å²) in [6.45, 7) is 6.48. The molecule has 114 valence electrons. The molecule has 0 spiro atoms. The highest BCUT2D eigenvalue weighted by molar-refractivity contribution is 7.13. The molecule has 21 heavy (non-hydrogen) atoms. The van der Waals surface area contributed by atoms with Crippen molar-refractivity contribution >= 4 is 28.3 Å². The number of rotatable bonds is 3. The predicted octanol–water partition coefficient (Wildman–Crippen LogP) is 0.707. The normalized spacial score (nSPS) is 14.5. The second kappa shape index (κ2) is 7.19. The van der Waals surface area contributed by atoms with Gasteiger partial charge in [-0.2, -0.15) is 0 Å². The summed E-state index contributed by atoms with van der Waals surface area (Å²) in [5.41, 5.74) is 5.80. The van der Waals surface area contributed by atoms with Gasteiger partial charge in [-0.1, -0.05) is 5.57 Å². The van der Waals surface area contributed by atoms with Crippen molar-refractivity contribution < 1.29 is 14.3 Å². The molecule has 1 aliphatic rings. The number of thiazole rings is 1. The molecule has 0 bridgehead atoms. The van der Waals surface area contributed by atoms with Crippen molar-refractivity contribution in [3.63, 3.8) is 0 Å². The highest BCUT2D eigenvalue weighted by Gasteiger charge is 2.17. The Bertz CT molecular complexity index is 545. The van der Waals surface area contributed by atoms with Crippen molar-refractivity contribution in [1.29, 1.82) is 0 Å². The molecule has 2 amide bonds. The van der Waals surface area contributed by atoms with Gasteiger partial charge in [0.2, 0.25) is 0 Å².